The molecule has 170 valence electrons. The lowest BCUT2D eigenvalue weighted by atomic mass is 9.98. The fourth-order valence-corrected chi connectivity index (χ4v) is 5.19. The van der Waals surface area contributed by atoms with Crippen molar-refractivity contribution in [2.75, 3.05) is 11.4 Å². The average Bonchev–Trinajstić information content (AvgIpc) is 3.41. The van der Waals surface area contributed by atoms with Gasteiger partial charge in [0, 0.05) is 6.54 Å². The number of aromatic nitrogens is 1. The molecule has 0 radical (unpaired) electrons. The summed E-state index contributed by atoms with van der Waals surface area (Å²) in [4.78, 5) is 32.9. The summed E-state index contributed by atoms with van der Waals surface area (Å²) in [6.45, 7) is 4.75. The molecule has 10 heteroatoms. The van der Waals surface area contributed by atoms with Gasteiger partial charge in [-0.25, -0.2) is 9.78 Å². The maximum Gasteiger partial charge on any atom is 0.329 e. The van der Waals surface area contributed by atoms with Crippen molar-refractivity contribution in [1.82, 2.24) is 9.88 Å². The van der Waals surface area contributed by atoms with Gasteiger partial charge in [0.05, 0.1) is 28.3 Å². The van der Waals surface area contributed by atoms with Gasteiger partial charge in [-0.15, -0.1) is 11.3 Å². The van der Waals surface area contributed by atoms with Crippen molar-refractivity contribution in [3.63, 3.8) is 0 Å². The van der Waals surface area contributed by atoms with Gasteiger partial charge in [-0.1, -0.05) is 18.2 Å². The van der Waals surface area contributed by atoms with Crippen molar-refractivity contribution in [2.45, 2.75) is 39.1 Å². The number of aliphatic hydroxyl groups is 1. The van der Waals surface area contributed by atoms with Gasteiger partial charge in [-0.05, 0) is 44.4 Å². The summed E-state index contributed by atoms with van der Waals surface area (Å²) < 4.78 is 5.43. The molecule has 0 saturated heterocycles. The molecule has 3 aromatic rings. The molecule has 1 aromatic carbocycles. The smallest absolute Gasteiger partial charge is 0.329 e. The Bertz CT molecular complexity index is 1260. The molecular weight excluding hydrogens is 444 g/mol. The van der Waals surface area contributed by atoms with Crippen LogP contribution in [-0.2, 0) is 11.2 Å². The fourth-order valence-electron chi connectivity index (χ4n) is 3.91. The number of nitriles is 1. The van der Waals surface area contributed by atoms with Crippen LogP contribution in [0.3, 0.4) is 0 Å². The third-order valence-electron chi connectivity index (χ3n) is 5.84. The monoisotopic (exact) mass is 466 g/mol. The van der Waals surface area contributed by atoms with E-state index in [0.717, 1.165) is 10.5 Å². The molecule has 0 aliphatic carbocycles. The van der Waals surface area contributed by atoms with E-state index in [2.05, 4.69) is 11.1 Å². The second-order valence-electron chi connectivity index (χ2n) is 8.17. The van der Waals surface area contributed by atoms with E-state index in [4.69, 9.17) is 4.42 Å². The lowest BCUT2D eigenvalue weighted by Gasteiger charge is -2.46. The second kappa shape index (κ2) is 8.35. The zero-order valence-corrected chi connectivity index (χ0v) is 19.1. The summed E-state index contributed by atoms with van der Waals surface area (Å²) in [5, 5.41) is 30.9. The molecule has 1 unspecified atom stereocenters. The summed E-state index contributed by atoms with van der Waals surface area (Å²) >= 11 is 1.25. The highest BCUT2D eigenvalue weighted by Gasteiger charge is 2.49. The first-order valence-corrected chi connectivity index (χ1v) is 11.0. The Hall–Kier alpha value is -3.68. The van der Waals surface area contributed by atoms with Gasteiger partial charge in [-0.3, -0.25) is 9.69 Å². The third-order valence-corrected chi connectivity index (χ3v) is 7.16. The number of fused-ring (bicyclic) bond motifs is 1. The molecule has 1 amide bonds. The third kappa shape index (κ3) is 3.65. The Kier molecular flexibility index (Phi) is 5.69. The number of aliphatic hydroxyl groups excluding tert-OH is 1. The number of hydrogen-bond donors (Lipinski definition) is 2. The number of rotatable bonds is 6. The number of aliphatic carboxylic acids is 1. The molecule has 2 N–H and O–H groups in total. The zero-order chi connectivity index (χ0) is 23.9. The van der Waals surface area contributed by atoms with Gasteiger partial charge in [0.15, 0.2) is 0 Å². The number of thiophene rings is 1. The minimum atomic E-state index is -1.67. The summed E-state index contributed by atoms with van der Waals surface area (Å²) in [6.07, 6.45) is 1.82. The quantitative estimate of drug-likeness (QED) is 0.566. The summed E-state index contributed by atoms with van der Waals surface area (Å²) in [5.41, 5.74) is 0.542. The number of carboxylic acids is 1. The van der Waals surface area contributed by atoms with Crippen LogP contribution in [0.4, 0.5) is 5.00 Å². The number of carbonyl (C=O) groups excluding carboxylic acids is 1. The van der Waals surface area contributed by atoms with Crippen LogP contribution in [-0.4, -0.2) is 50.4 Å². The number of hydrogen-bond acceptors (Lipinski definition) is 8. The maximum absolute atomic E-state index is 13.5. The van der Waals surface area contributed by atoms with E-state index in [9.17, 15) is 25.1 Å². The number of oxazole rings is 1. The highest BCUT2D eigenvalue weighted by atomic mass is 32.1. The number of carboxylic acid groups (broad SMARTS) is 1. The lowest BCUT2D eigenvalue weighted by molar-refractivity contribution is -0.154. The van der Waals surface area contributed by atoms with Gasteiger partial charge in [0.25, 0.3) is 5.91 Å². The van der Waals surface area contributed by atoms with E-state index in [-0.39, 0.29) is 6.54 Å². The van der Waals surface area contributed by atoms with Crippen LogP contribution in [0.1, 0.15) is 40.9 Å². The van der Waals surface area contributed by atoms with Crippen molar-refractivity contribution in [3.8, 4) is 16.8 Å². The van der Waals surface area contributed by atoms with Gasteiger partial charge in [0.1, 0.15) is 16.8 Å². The van der Waals surface area contributed by atoms with E-state index < -0.39 is 23.8 Å². The van der Waals surface area contributed by atoms with Gasteiger partial charge in [-0.2, -0.15) is 5.26 Å². The van der Waals surface area contributed by atoms with Crippen LogP contribution in [0.2, 0.25) is 0 Å². The normalized spacial score (nSPS) is 16.0. The van der Waals surface area contributed by atoms with Crippen molar-refractivity contribution in [3.05, 3.63) is 59.0 Å². The standard InChI is InChI=1S/C23H22N4O5S/c1-13-16-19(28)27(23(2,3)21(29)30)22(31)26(10-8-14-6-4-5-7-15(14)12-24)20(16)33-17(13)18-25-9-11-32-18/h4-7,9,11,22,31H,8,10H2,1-3H3,(H,29,30). The first-order chi connectivity index (χ1) is 15.7. The minimum absolute atomic E-state index is 0.247. The zero-order valence-electron chi connectivity index (χ0n) is 18.3. The van der Waals surface area contributed by atoms with E-state index >= 15 is 0 Å². The molecule has 2 aromatic heterocycles. The SMILES string of the molecule is Cc1c(-c2ncco2)sc2c1C(=O)N(C(C)(C)C(=O)O)C(O)N2CCc1ccccc1C#N. The molecule has 1 atom stereocenters. The van der Waals surface area contributed by atoms with Crippen LogP contribution >= 0.6 is 11.3 Å². The molecule has 4 rings (SSSR count). The Labute approximate surface area is 194 Å². The van der Waals surface area contributed by atoms with Gasteiger partial charge >= 0.3 is 5.97 Å². The molecular formula is C23H22N4O5S. The molecule has 0 fully saturated rings. The van der Waals surface area contributed by atoms with Crippen molar-refractivity contribution in [1.29, 1.82) is 5.26 Å². The van der Waals surface area contributed by atoms with Crippen molar-refractivity contribution in [2.24, 2.45) is 0 Å². The van der Waals surface area contributed by atoms with Crippen LogP contribution in [0.15, 0.2) is 41.1 Å². The van der Waals surface area contributed by atoms with E-state index in [1.807, 2.05) is 12.1 Å². The molecule has 3 heterocycles. The van der Waals surface area contributed by atoms with Crippen molar-refractivity contribution < 1.29 is 24.2 Å². The van der Waals surface area contributed by atoms with Crippen molar-refractivity contribution >= 4 is 28.2 Å². The Morgan fingerprint density at radius 2 is 2.09 bits per heavy atom. The highest BCUT2D eigenvalue weighted by Crippen LogP contribution is 2.46. The number of benzene rings is 1. The molecule has 0 bridgehead atoms. The first kappa shape index (κ1) is 22.5. The molecule has 0 saturated carbocycles. The number of anilines is 1. The van der Waals surface area contributed by atoms with Crippen LogP contribution in [0.25, 0.3) is 10.8 Å². The molecule has 1 aliphatic heterocycles. The largest absolute Gasteiger partial charge is 0.480 e. The highest BCUT2D eigenvalue weighted by molar-refractivity contribution is 7.20. The predicted octanol–water partition coefficient (Wildman–Crippen LogP) is 3.23. The van der Waals surface area contributed by atoms with Gasteiger partial charge < -0.3 is 19.5 Å². The summed E-state index contributed by atoms with van der Waals surface area (Å²) in [7, 11) is 0. The number of amides is 1. The summed E-state index contributed by atoms with van der Waals surface area (Å²) in [5.74, 6) is -1.48. The van der Waals surface area contributed by atoms with Crippen LogP contribution in [0, 0.1) is 18.3 Å². The Morgan fingerprint density at radius 1 is 1.36 bits per heavy atom. The van der Waals surface area contributed by atoms with E-state index in [1.165, 1.54) is 37.6 Å². The molecule has 33 heavy (non-hydrogen) atoms. The van der Waals surface area contributed by atoms with Gasteiger partial charge in [0.2, 0.25) is 12.2 Å². The topological polar surface area (TPSA) is 131 Å². The first-order valence-electron chi connectivity index (χ1n) is 10.2. The average molecular weight is 467 g/mol. The van der Waals surface area contributed by atoms with Crippen LogP contribution < -0.4 is 4.90 Å². The van der Waals surface area contributed by atoms with E-state index in [0.29, 0.717) is 38.9 Å². The number of carbonyl (C=O) groups is 2. The molecule has 0 spiro atoms. The molecule has 9 nitrogen and oxygen atoms in total. The Morgan fingerprint density at radius 3 is 2.73 bits per heavy atom. The van der Waals surface area contributed by atoms with Crippen LogP contribution in [0.5, 0.6) is 0 Å². The van der Waals surface area contributed by atoms with E-state index in [1.54, 1.807) is 24.0 Å². The maximum atomic E-state index is 13.5. The lowest BCUT2D eigenvalue weighted by Crippen LogP contribution is -2.65. The minimum Gasteiger partial charge on any atom is -0.480 e. The Balaban J connectivity index is 1.82. The fraction of sp³-hybridized carbons (Fsp3) is 0.304. The molecule has 1 aliphatic rings. The summed E-state index contributed by atoms with van der Waals surface area (Å²) in [6, 6.07) is 9.31. The predicted molar refractivity (Wildman–Crippen MR) is 121 cm³/mol. The second-order valence-corrected chi connectivity index (χ2v) is 9.17. The number of nitrogens with zero attached hydrogens (tertiary/aromatic N) is 4.